The van der Waals surface area contributed by atoms with Crippen LogP contribution in [0.15, 0.2) is 18.5 Å². The zero-order chi connectivity index (χ0) is 26.1. The lowest BCUT2D eigenvalue weighted by Gasteiger charge is -2.29. The number of aliphatic hydroxyl groups is 2. The number of nitriles is 1. The predicted molar refractivity (Wildman–Crippen MR) is 118 cm³/mol. The molecule has 0 bridgehead atoms. The summed E-state index contributed by atoms with van der Waals surface area (Å²) in [5.74, 6) is -3.12. The number of nitrogens with one attached hydrogen (secondary N) is 1. The summed E-state index contributed by atoms with van der Waals surface area (Å²) < 4.78 is 44.5. The summed E-state index contributed by atoms with van der Waals surface area (Å²) in [6.45, 7) is 0.886. The third-order valence-electron chi connectivity index (χ3n) is 6.55. The van der Waals surface area contributed by atoms with Gasteiger partial charge in [0.15, 0.2) is 5.82 Å². The topological polar surface area (TPSA) is 177 Å². The smallest absolute Gasteiger partial charge is 0.323 e. The minimum atomic E-state index is -2.72. The van der Waals surface area contributed by atoms with Crippen molar-refractivity contribution >= 4 is 17.3 Å². The molecule has 2 aromatic heterocycles. The summed E-state index contributed by atoms with van der Waals surface area (Å²) in [4.78, 5) is 16.1. The standard InChI is InChI=1S/C22H28F2N6O6/c1-12(20(33)35-13-4-6-22(23,24)7-5-13)28-11-34-9-21(8-25)18(32)16(31)17(36-21)14-2-3-15-19(26)27-10-29-30(14)15/h2-3,10,12-13,16-18,28,31-32H,4-7,9,11H2,1H3,(H2,26,27,29)/t12-,16-,17-,18-,21+/m0/s1. The lowest BCUT2D eigenvalue weighted by molar-refractivity contribution is -0.158. The Morgan fingerprint density at radius 2 is 2.14 bits per heavy atom. The summed E-state index contributed by atoms with van der Waals surface area (Å²) in [5.41, 5.74) is 4.76. The molecule has 1 aliphatic carbocycles. The molecule has 5 N–H and O–H groups in total. The molecule has 36 heavy (non-hydrogen) atoms. The first kappa shape index (κ1) is 26.1. The van der Waals surface area contributed by atoms with Crippen molar-refractivity contribution in [3.05, 3.63) is 24.2 Å². The lowest BCUT2D eigenvalue weighted by Crippen LogP contribution is -2.47. The van der Waals surface area contributed by atoms with E-state index >= 15 is 0 Å². The molecule has 4 rings (SSSR count). The summed E-state index contributed by atoms with van der Waals surface area (Å²) in [6.07, 6.45) is -3.95. The number of aliphatic hydroxyl groups excluding tert-OH is 2. The van der Waals surface area contributed by atoms with Gasteiger partial charge in [0.05, 0.1) is 19.0 Å². The third-order valence-corrected chi connectivity index (χ3v) is 6.55. The van der Waals surface area contributed by atoms with Gasteiger partial charge in [-0.3, -0.25) is 10.1 Å². The van der Waals surface area contributed by atoms with E-state index in [1.807, 2.05) is 6.07 Å². The highest BCUT2D eigenvalue weighted by atomic mass is 19.3. The van der Waals surface area contributed by atoms with E-state index in [1.165, 1.54) is 17.8 Å². The largest absolute Gasteiger partial charge is 0.461 e. The average molecular weight is 510 g/mol. The first-order valence-corrected chi connectivity index (χ1v) is 11.5. The monoisotopic (exact) mass is 510 g/mol. The minimum absolute atomic E-state index is 0.0982. The van der Waals surface area contributed by atoms with Gasteiger partial charge in [0.1, 0.15) is 48.4 Å². The van der Waals surface area contributed by atoms with Crippen LogP contribution in [0.4, 0.5) is 14.6 Å². The molecule has 1 saturated carbocycles. The quantitative estimate of drug-likeness (QED) is 0.220. The number of ether oxygens (including phenoxy) is 3. The van der Waals surface area contributed by atoms with E-state index in [0.29, 0.717) is 11.2 Å². The zero-order valence-electron chi connectivity index (χ0n) is 19.5. The zero-order valence-corrected chi connectivity index (χ0v) is 19.5. The normalized spacial score (nSPS) is 29.2. The summed E-state index contributed by atoms with van der Waals surface area (Å²) in [6, 6.07) is 4.29. The van der Waals surface area contributed by atoms with E-state index in [9.17, 15) is 29.1 Å². The Morgan fingerprint density at radius 3 is 2.83 bits per heavy atom. The first-order valence-electron chi connectivity index (χ1n) is 11.5. The summed E-state index contributed by atoms with van der Waals surface area (Å²) in [7, 11) is 0. The fraction of sp³-hybridized carbons (Fsp3) is 0.636. The van der Waals surface area contributed by atoms with E-state index in [-0.39, 0.29) is 38.2 Å². The van der Waals surface area contributed by atoms with Gasteiger partial charge < -0.3 is 30.2 Å². The maximum atomic E-state index is 13.3. The highest BCUT2D eigenvalue weighted by molar-refractivity contribution is 5.75. The number of rotatable bonds is 8. The number of anilines is 1. The van der Waals surface area contributed by atoms with Crippen LogP contribution in [0, 0.1) is 11.3 Å². The number of nitrogen functional groups attached to an aromatic ring is 1. The number of carbonyl (C=O) groups is 1. The van der Waals surface area contributed by atoms with Gasteiger partial charge in [0, 0.05) is 12.8 Å². The number of alkyl halides is 2. The van der Waals surface area contributed by atoms with Gasteiger partial charge in [0.2, 0.25) is 11.5 Å². The van der Waals surface area contributed by atoms with E-state index in [1.54, 1.807) is 12.1 Å². The second-order valence-corrected chi connectivity index (χ2v) is 9.09. The first-order chi connectivity index (χ1) is 17.1. The van der Waals surface area contributed by atoms with Crippen molar-refractivity contribution in [3.8, 4) is 6.07 Å². The van der Waals surface area contributed by atoms with Crippen LogP contribution in [-0.4, -0.2) is 80.0 Å². The molecule has 196 valence electrons. The van der Waals surface area contributed by atoms with Crippen LogP contribution in [0.2, 0.25) is 0 Å². The Morgan fingerprint density at radius 1 is 1.42 bits per heavy atom. The number of nitrogens with zero attached hydrogens (tertiary/aromatic N) is 4. The van der Waals surface area contributed by atoms with Crippen LogP contribution < -0.4 is 11.1 Å². The predicted octanol–water partition coefficient (Wildman–Crippen LogP) is 0.440. The van der Waals surface area contributed by atoms with Crippen molar-refractivity contribution in [2.75, 3.05) is 19.1 Å². The molecule has 3 heterocycles. The minimum Gasteiger partial charge on any atom is -0.461 e. The molecular weight excluding hydrogens is 482 g/mol. The van der Waals surface area contributed by atoms with Crippen molar-refractivity contribution in [2.24, 2.45) is 0 Å². The third kappa shape index (κ3) is 5.11. The van der Waals surface area contributed by atoms with Crippen LogP contribution in [0.1, 0.15) is 44.4 Å². The second-order valence-electron chi connectivity index (χ2n) is 9.09. The Labute approximate surface area is 204 Å². The van der Waals surface area contributed by atoms with E-state index in [2.05, 4.69) is 15.4 Å². The van der Waals surface area contributed by atoms with Crippen LogP contribution in [-0.2, 0) is 19.0 Å². The van der Waals surface area contributed by atoms with E-state index in [0.717, 1.165) is 0 Å². The lowest BCUT2D eigenvalue weighted by atomic mass is 9.94. The van der Waals surface area contributed by atoms with Gasteiger partial charge in [-0.05, 0) is 31.9 Å². The molecule has 0 unspecified atom stereocenters. The average Bonchev–Trinajstić information content (AvgIpc) is 3.39. The number of carbonyl (C=O) groups excluding carboxylic acids is 1. The van der Waals surface area contributed by atoms with Crippen LogP contribution in [0.25, 0.3) is 5.52 Å². The molecular formula is C22H28F2N6O6. The second kappa shape index (κ2) is 10.2. The SMILES string of the molecule is C[C@H](NCOC[C@@]1(C#N)O[C@@H](c2ccc3c(N)ncnn23)[C@H](O)[C@@H]1O)C(=O)OC1CCC(F)(F)CC1. The number of hydrogen-bond donors (Lipinski definition) is 4. The van der Waals surface area contributed by atoms with Gasteiger partial charge in [-0.15, -0.1) is 0 Å². The highest BCUT2D eigenvalue weighted by Crippen LogP contribution is 2.40. The Bertz CT molecular complexity index is 1130. The fourth-order valence-electron chi connectivity index (χ4n) is 4.34. The fourth-order valence-corrected chi connectivity index (χ4v) is 4.34. The summed E-state index contributed by atoms with van der Waals surface area (Å²) in [5, 5.41) is 37.9. The molecule has 0 aromatic carbocycles. The molecule has 0 spiro atoms. The van der Waals surface area contributed by atoms with Gasteiger partial charge in [-0.25, -0.2) is 18.3 Å². The number of nitrogens with two attached hydrogens (primary N) is 1. The molecule has 12 nitrogen and oxygen atoms in total. The Kier molecular flexibility index (Phi) is 7.39. The van der Waals surface area contributed by atoms with Gasteiger partial charge >= 0.3 is 5.97 Å². The van der Waals surface area contributed by atoms with E-state index < -0.39 is 54.6 Å². The molecule has 2 aromatic rings. The maximum absolute atomic E-state index is 13.3. The highest BCUT2D eigenvalue weighted by Gasteiger charge is 2.56. The van der Waals surface area contributed by atoms with Crippen molar-refractivity contribution in [2.45, 2.75) is 74.6 Å². The molecule has 2 fully saturated rings. The Hall–Kier alpha value is -2.96. The molecule has 0 radical (unpaired) electrons. The van der Waals surface area contributed by atoms with E-state index in [4.69, 9.17) is 19.9 Å². The van der Waals surface area contributed by atoms with Gasteiger partial charge in [-0.1, -0.05) is 0 Å². The van der Waals surface area contributed by atoms with Gasteiger partial charge in [-0.2, -0.15) is 10.4 Å². The molecule has 14 heteroatoms. The summed E-state index contributed by atoms with van der Waals surface area (Å²) >= 11 is 0. The molecule has 5 atom stereocenters. The van der Waals surface area contributed by atoms with Crippen molar-refractivity contribution in [3.63, 3.8) is 0 Å². The molecule has 1 saturated heterocycles. The van der Waals surface area contributed by atoms with Crippen LogP contribution in [0.3, 0.4) is 0 Å². The van der Waals surface area contributed by atoms with Crippen molar-refractivity contribution in [1.82, 2.24) is 19.9 Å². The number of hydrogen-bond acceptors (Lipinski definition) is 11. The maximum Gasteiger partial charge on any atom is 0.323 e. The van der Waals surface area contributed by atoms with Crippen molar-refractivity contribution < 1.29 is 38.0 Å². The van der Waals surface area contributed by atoms with Crippen LogP contribution in [0.5, 0.6) is 0 Å². The molecule has 1 aliphatic heterocycles. The number of fused-ring (bicyclic) bond motifs is 1. The molecule has 0 amide bonds. The number of halogens is 2. The Balaban J connectivity index is 1.31. The van der Waals surface area contributed by atoms with Crippen LogP contribution >= 0.6 is 0 Å². The number of esters is 1. The molecule has 2 aliphatic rings. The number of aromatic nitrogens is 3. The van der Waals surface area contributed by atoms with Gasteiger partial charge in [0.25, 0.3) is 0 Å². The van der Waals surface area contributed by atoms with Crippen molar-refractivity contribution in [1.29, 1.82) is 5.26 Å².